The highest BCUT2D eigenvalue weighted by Crippen LogP contribution is 2.25. The van der Waals surface area contributed by atoms with Gasteiger partial charge in [-0.25, -0.2) is 0 Å². The van der Waals surface area contributed by atoms with Crippen molar-refractivity contribution in [1.82, 2.24) is 0 Å². The van der Waals surface area contributed by atoms with Crippen LogP contribution in [-0.4, -0.2) is 36.6 Å². The van der Waals surface area contributed by atoms with Crippen LogP contribution in [0.3, 0.4) is 0 Å². The molecule has 0 spiro atoms. The van der Waals surface area contributed by atoms with Crippen molar-refractivity contribution in [3.05, 3.63) is 36.4 Å². The fraction of sp³-hybridized carbons (Fsp3) is 0.615. The Morgan fingerprint density at radius 2 is 0.867 bits per heavy atom. The Bertz CT molecular complexity index is 631. The van der Waals surface area contributed by atoms with Gasteiger partial charge >= 0.3 is 0 Å². The molecule has 0 radical (unpaired) electrons. The van der Waals surface area contributed by atoms with E-state index in [0.717, 1.165) is 68.6 Å². The number of aliphatic hydroxyl groups is 2. The van der Waals surface area contributed by atoms with Crippen molar-refractivity contribution in [1.29, 1.82) is 0 Å². The molecule has 0 saturated carbocycles. The van der Waals surface area contributed by atoms with Gasteiger partial charge in [0, 0.05) is 13.2 Å². The number of rotatable bonds is 18. The lowest BCUT2D eigenvalue weighted by Gasteiger charge is -2.10. The van der Waals surface area contributed by atoms with Crippen molar-refractivity contribution in [2.24, 2.45) is 0 Å². The van der Waals surface area contributed by atoms with Crippen LogP contribution < -0.4 is 9.47 Å². The Balaban J connectivity index is 1.67. The van der Waals surface area contributed by atoms with Crippen molar-refractivity contribution >= 4 is 10.8 Å². The highest BCUT2D eigenvalue weighted by Gasteiger charge is 2.01. The molecule has 2 N–H and O–H groups in total. The van der Waals surface area contributed by atoms with Gasteiger partial charge in [0.05, 0.1) is 13.2 Å². The summed E-state index contributed by atoms with van der Waals surface area (Å²) in [4.78, 5) is 0. The fourth-order valence-electron chi connectivity index (χ4n) is 3.60. The topological polar surface area (TPSA) is 58.9 Å². The minimum absolute atomic E-state index is 0.309. The van der Waals surface area contributed by atoms with Crippen molar-refractivity contribution in [2.75, 3.05) is 26.4 Å². The molecule has 0 fully saturated rings. The van der Waals surface area contributed by atoms with Gasteiger partial charge in [-0.15, -0.1) is 0 Å². The third-order valence-electron chi connectivity index (χ3n) is 5.43. The van der Waals surface area contributed by atoms with Crippen LogP contribution in [0.2, 0.25) is 0 Å². The van der Waals surface area contributed by atoms with E-state index in [0.29, 0.717) is 13.2 Å². The number of ether oxygens (including phenoxy) is 2. The molecule has 2 aromatic carbocycles. The number of benzene rings is 2. The lowest BCUT2D eigenvalue weighted by atomic mass is 10.1. The minimum Gasteiger partial charge on any atom is -0.494 e. The molecule has 2 rings (SSSR count). The molecule has 0 unspecified atom stereocenters. The summed E-state index contributed by atoms with van der Waals surface area (Å²) in [6.45, 7) is 2.12. The summed E-state index contributed by atoms with van der Waals surface area (Å²) in [5.41, 5.74) is 0. The Morgan fingerprint density at radius 3 is 1.30 bits per heavy atom. The zero-order valence-corrected chi connectivity index (χ0v) is 18.5. The molecule has 0 heterocycles. The van der Waals surface area contributed by atoms with Crippen LogP contribution in [-0.2, 0) is 0 Å². The second-order valence-corrected chi connectivity index (χ2v) is 8.06. The normalized spacial score (nSPS) is 11.1. The molecule has 0 aliphatic rings. The Morgan fingerprint density at radius 1 is 0.467 bits per heavy atom. The lowest BCUT2D eigenvalue weighted by Crippen LogP contribution is -1.98. The van der Waals surface area contributed by atoms with E-state index in [-0.39, 0.29) is 0 Å². The van der Waals surface area contributed by atoms with Gasteiger partial charge in [-0.3, -0.25) is 0 Å². The number of aliphatic hydroxyl groups excluding tert-OH is 2. The standard InChI is InChI=1S/C26H40O4/c27-17-9-5-1-3-7-11-19-29-25-15-13-23-14-16-26(22-24(23)21-25)30-20-12-8-4-2-6-10-18-28/h13-16,21-22,27-28H,1-12,17-20H2. The van der Waals surface area contributed by atoms with Crippen molar-refractivity contribution in [2.45, 2.75) is 77.0 Å². The first-order valence-corrected chi connectivity index (χ1v) is 11.8. The number of hydrogen-bond donors (Lipinski definition) is 2. The SMILES string of the molecule is OCCCCCCCCOc1ccc2ccc(OCCCCCCCCO)cc2c1. The molecule has 0 atom stereocenters. The summed E-state index contributed by atoms with van der Waals surface area (Å²) in [6, 6.07) is 12.5. The van der Waals surface area contributed by atoms with Crippen molar-refractivity contribution in [3.8, 4) is 11.5 Å². The van der Waals surface area contributed by atoms with Gasteiger partial charge < -0.3 is 19.7 Å². The monoisotopic (exact) mass is 416 g/mol. The zero-order valence-electron chi connectivity index (χ0n) is 18.5. The molecule has 30 heavy (non-hydrogen) atoms. The maximum atomic E-state index is 8.79. The second-order valence-electron chi connectivity index (χ2n) is 8.06. The molecule has 0 aliphatic carbocycles. The third kappa shape index (κ3) is 10.3. The average molecular weight is 417 g/mol. The molecule has 0 bridgehead atoms. The highest BCUT2D eigenvalue weighted by atomic mass is 16.5. The summed E-state index contributed by atoms with van der Waals surface area (Å²) >= 11 is 0. The van der Waals surface area contributed by atoms with E-state index in [4.69, 9.17) is 19.7 Å². The predicted octanol–water partition coefficient (Wildman–Crippen LogP) is 6.26. The quantitative estimate of drug-likeness (QED) is 0.281. The smallest absolute Gasteiger partial charge is 0.119 e. The summed E-state index contributed by atoms with van der Waals surface area (Å²) in [5.74, 6) is 1.84. The number of fused-ring (bicyclic) bond motifs is 1. The van der Waals surface area contributed by atoms with E-state index >= 15 is 0 Å². The second kappa shape index (κ2) is 16.0. The molecule has 0 aromatic heterocycles. The molecule has 0 saturated heterocycles. The van der Waals surface area contributed by atoms with Gasteiger partial charge in [-0.1, -0.05) is 63.5 Å². The molecule has 2 aromatic rings. The first-order valence-electron chi connectivity index (χ1n) is 11.8. The van der Waals surface area contributed by atoms with Crippen LogP contribution in [0.15, 0.2) is 36.4 Å². The molecule has 0 amide bonds. The molecule has 168 valence electrons. The summed E-state index contributed by atoms with van der Waals surface area (Å²) in [6.07, 6.45) is 13.4. The molecule has 4 heteroatoms. The van der Waals surface area contributed by atoms with Gasteiger partial charge in [0.2, 0.25) is 0 Å². The predicted molar refractivity (Wildman–Crippen MR) is 125 cm³/mol. The lowest BCUT2D eigenvalue weighted by molar-refractivity contribution is 0.280. The van der Waals surface area contributed by atoms with Gasteiger partial charge in [-0.2, -0.15) is 0 Å². The van der Waals surface area contributed by atoms with E-state index in [2.05, 4.69) is 24.3 Å². The molecule has 0 aliphatic heterocycles. The van der Waals surface area contributed by atoms with E-state index in [1.165, 1.54) is 43.9 Å². The molecular formula is C26H40O4. The van der Waals surface area contributed by atoms with Gasteiger partial charge in [0.15, 0.2) is 0 Å². The van der Waals surface area contributed by atoms with Crippen LogP contribution in [0.25, 0.3) is 10.8 Å². The first-order chi connectivity index (χ1) is 14.8. The van der Waals surface area contributed by atoms with Crippen LogP contribution in [0, 0.1) is 0 Å². The van der Waals surface area contributed by atoms with Crippen molar-refractivity contribution in [3.63, 3.8) is 0 Å². The first kappa shape index (κ1) is 24.5. The van der Waals surface area contributed by atoms with Crippen molar-refractivity contribution < 1.29 is 19.7 Å². The summed E-state index contributed by atoms with van der Waals surface area (Å²) in [5, 5.41) is 19.9. The van der Waals surface area contributed by atoms with E-state index < -0.39 is 0 Å². The largest absolute Gasteiger partial charge is 0.494 e. The van der Waals surface area contributed by atoms with E-state index in [1.54, 1.807) is 0 Å². The van der Waals surface area contributed by atoms with Gasteiger partial charge in [0.25, 0.3) is 0 Å². The average Bonchev–Trinajstić information content (AvgIpc) is 2.77. The van der Waals surface area contributed by atoms with Gasteiger partial charge in [-0.05, 0) is 60.7 Å². The number of hydrogen-bond acceptors (Lipinski definition) is 4. The summed E-state index contributed by atoms with van der Waals surface area (Å²) in [7, 11) is 0. The summed E-state index contributed by atoms with van der Waals surface area (Å²) < 4.78 is 11.9. The van der Waals surface area contributed by atoms with E-state index in [9.17, 15) is 0 Å². The third-order valence-corrected chi connectivity index (χ3v) is 5.43. The highest BCUT2D eigenvalue weighted by molar-refractivity contribution is 5.85. The Kier molecular flexibility index (Phi) is 13.0. The zero-order chi connectivity index (χ0) is 21.3. The number of unbranched alkanes of at least 4 members (excludes halogenated alkanes) is 10. The van der Waals surface area contributed by atoms with E-state index in [1.807, 2.05) is 12.1 Å². The van der Waals surface area contributed by atoms with Crippen LogP contribution in [0.5, 0.6) is 11.5 Å². The minimum atomic E-state index is 0.309. The van der Waals surface area contributed by atoms with Crippen LogP contribution in [0.1, 0.15) is 77.0 Å². The molecule has 4 nitrogen and oxygen atoms in total. The molecular weight excluding hydrogens is 376 g/mol. The van der Waals surface area contributed by atoms with Crippen LogP contribution >= 0.6 is 0 Å². The van der Waals surface area contributed by atoms with Crippen LogP contribution in [0.4, 0.5) is 0 Å². The maximum Gasteiger partial charge on any atom is 0.119 e. The Labute approximate surface area is 182 Å². The Hall–Kier alpha value is -1.78. The van der Waals surface area contributed by atoms with Gasteiger partial charge in [0.1, 0.15) is 11.5 Å². The fourth-order valence-corrected chi connectivity index (χ4v) is 3.60. The maximum absolute atomic E-state index is 8.79.